The molecule has 1 rings (SSSR count). The van der Waals surface area contributed by atoms with Gasteiger partial charge in [0.15, 0.2) is 0 Å². The summed E-state index contributed by atoms with van der Waals surface area (Å²) in [6, 6.07) is 7.63. The molecule has 0 heterocycles. The van der Waals surface area contributed by atoms with Crippen molar-refractivity contribution >= 4 is 5.91 Å². The van der Waals surface area contributed by atoms with Gasteiger partial charge in [-0.05, 0) is 25.1 Å². The normalized spacial score (nSPS) is 9.42. The van der Waals surface area contributed by atoms with E-state index in [9.17, 15) is 4.79 Å². The van der Waals surface area contributed by atoms with Crippen molar-refractivity contribution in [2.24, 2.45) is 5.73 Å². The minimum Gasteiger partial charge on any atom is -0.493 e. The third-order valence-corrected chi connectivity index (χ3v) is 1.39. The highest BCUT2D eigenvalue weighted by molar-refractivity contribution is 5.95. The zero-order valence-electron chi connectivity index (χ0n) is 6.83. The van der Waals surface area contributed by atoms with Gasteiger partial charge in [0.1, 0.15) is 5.75 Å². The molecule has 3 heteroatoms. The maximum Gasteiger partial charge on any atom is 0.252 e. The van der Waals surface area contributed by atoms with Crippen LogP contribution in [0, 0.1) is 6.07 Å². The lowest BCUT2D eigenvalue weighted by Gasteiger charge is -2.05. The molecule has 0 aliphatic heterocycles. The van der Waals surface area contributed by atoms with E-state index in [0.717, 1.165) is 0 Å². The van der Waals surface area contributed by atoms with E-state index < -0.39 is 5.91 Å². The molecular weight excluding hydrogens is 154 g/mol. The summed E-state index contributed by atoms with van der Waals surface area (Å²) >= 11 is 0. The average Bonchev–Trinajstić information content (AvgIpc) is 2.05. The summed E-state index contributed by atoms with van der Waals surface area (Å²) in [7, 11) is 0. The molecule has 0 aliphatic rings. The molecule has 0 atom stereocenters. The molecule has 0 unspecified atom stereocenters. The number of benzene rings is 1. The fourth-order valence-corrected chi connectivity index (χ4v) is 0.894. The van der Waals surface area contributed by atoms with Crippen molar-refractivity contribution in [2.75, 3.05) is 6.61 Å². The van der Waals surface area contributed by atoms with Gasteiger partial charge in [0.2, 0.25) is 0 Å². The first-order chi connectivity index (χ1) is 5.75. The highest BCUT2D eigenvalue weighted by Gasteiger charge is 2.06. The van der Waals surface area contributed by atoms with Crippen LogP contribution in [0.4, 0.5) is 0 Å². The molecule has 2 N–H and O–H groups in total. The Bertz CT molecular complexity index is 284. The summed E-state index contributed by atoms with van der Waals surface area (Å²) < 4.78 is 5.17. The van der Waals surface area contributed by atoms with Gasteiger partial charge in [-0.3, -0.25) is 4.79 Å². The van der Waals surface area contributed by atoms with Gasteiger partial charge in [-0.25, -0.2) is 0 Å². The van der Waals surface area contributed by atoms with Crippen LogP contribution in [0.5, 0.6) is 5.75 Å². The summed E-state index contributed by atoms with van der Waals surface area (Å²) in [6.07, 6.45) is 0. The molecule has 1 radical (unpaired) electrons. The number of carbonyl (C=O) groups excluding carboxylic acids is 1. The highest BCUT2D eigenvalue weighted by atomic mass is 16.5. The van der Waals surface area contributed by atoms with Gasteiger partial charge in [-0.2, -0.15) is 0 Å². The lowest BCUT2D eigenvalue weighted by atomic mass is 10.2. The van der Waals surface area contributed by atoms with Crippen LogP contribution in [0.1, 0.15) is 17.3 Å². The van der Waals surface area contributed by atoms with Gasteiger partial charge in [0, 0.05) is 0 Å². The van der Waals surface area contributed by atoms with Crippen LogP contribution < -0.4 is 10.5 Å². The summed E-state index contributed by atoms with van der Waals surface area (Å²) in [4.78, 5) is 10.8. The molecule has 0 saturated heterocycles. The lowest BCUT2D eigenvalue weighted by molar-refractivity contribution is 0.0996. The van der Waals surface area contributed by atoms with Gasteiger partial charge in [-0.1, -0.05) is 6.07 Å². The summed E-state index contributed by atoms with van der Waals surface area (Å²) in [5.41, 5.74) is 5.51. The maximum atomic E-state index is 10.8. The van der Waals surface area contributed by atoms with E-state index >= 15 is 0 Å². The average molecular weight is 164 g/mol. The zero-order valence-corrected chi connectivity index (χ0v) is 6.83. The third kappa shape index (κ3) is 1.75. The SMILES string of the molecule is CCOc1c[c]ccc1C(N)=O. The predicted molar refractivity (Wildman–Crippen MR) is 45.0 cm³/mol. The predicted octanol–water partition coefficient (Wildman–Crippen LogP) is 0.984. The van der Waals surface area contributed by atoms with Crippen molar-refractivity contribution < 1.29 is 9.53 Å². The summed E-state index contributed by atoms with van der Waals surface area (Å²) in [5.74, 6) is 0.0138. The fraction of sp³-hybridized carbons (Fsp3) is 0.222. The van der Waals surface area contributed by atoms with Gasteiger partial charge in [-0.15, -0.1) is 0 Å². The van der Waals surface area contributed by atoms with E-state index in [1.165, 1.54) is 0 Å². The molecule has 0 aromatic heterocycles. The molecule has 12 heavy (non-hydrogen) atoms. The lowest BCUT2D eigenvalue weighted by Crippen LogP contribution is -2.12. The number of nitrogens with two attached hydrogens (primary N) is 1. The molecule has 0 spiro atoms. The maximum absolute atomic E-state index is 10.8. The number of ether oxygens (including phenoxy) is 1. The van der Waals surface area contributed by atoms with Gasteiger partial charge in [0.25, 0.3) is 5.91 Å². The van der Waals surface area contributed by atoms with Crippen LogP contribution in [-0.4, -0.2) is 12.5 Å². The number of carbonyl (C=O) groups is 1. The molecule has 1 aromatic rings. The highest BCUT2D eigenvalue weighted by Crippen LogP contribution is 2.16. The van der Waals surface area contributed by atoms with E-state index in [4.69, 9.17) is 10.5 Å². The van der Waals surface area contributed by atoms with Crippen LogP contribution in [0.3, 0.4) is 0 Å². The van der Waals surface area contributed by atoms with E-state index in [1.807, 2.05) is 6.92 Å². The molecule has 0 saturated carbocycles. The van der Waals surface area contributed by atoms with Crippen molar-refractivity contribution in [3.63, 3.8) is 0 Å². The standard InChI is InChI=1S/C9H10NO2/c1-2-12-8-6-4-3-5-7(8)9(10)11/h3,5-6H,2H2,1H3,(H2,10,11). The largest absolute Gasteiger partial charge is 0.493 e. The molecule has 0 aliphatic carbocycles. The zero-order chi connectivity index (χ0) is 8.97. The van der Waals surface area contributed by atoms with E-state index in [-0.39, 0.29) is 0 Å². The Hall–Kier alpha value is -1.51. The summed E-state index contributed by atoms with van der Waals surface area (Å²) in [6.45, 7) is 2.36. The first kappa shape index (κ1) is 8.59. The minimum atomic E-state index is -0.479. The Morgan fingerprint density at radius 2 is 2.50 bits per heavy atom. The van der Waals surface area contributed by atoms with Crippen LogP contribution >= 0.6 is 0 Å². The minimum absolute atomic E-state index is 0.399. The monoisotopic (exact) mass is 164 g/mol. The molecule has 1 aromatic carbocycles. The molecule has 3 nitrogen and oxygen atoms in total. The van der Waals surface area contributed by atoms with Crippen LogP contribution in [0.25, 0.3) is 0 Å². The number of amides is 1. The topological polar surface area (TPSA) is 52.3 Å². The van der Waals surface area contributed by atoms with E-state index in [2.05, 4.69) is 6.07 Å². The Morgan fingerprint density at radius 1 is 1.75 bits per heavy atom. The molecular formula is C9H10NO2. The fourth-order valence-electron chi connectivity index (χ4n) is 0.894. The van der Waals surface area contributed by atoms with Crippen molar-refractivity contribution in [2.45, 2.75) is 6.92 Å². The molecule has 0 fully saturated rings. The smallest absolute Gasteiger partial charge is 0.252 e. The van der Waals surface area contributed by atoms with E-state index in [0.29, 0.717) is 17.9 Å². The van der Waals surface area contributed by atoms with E-state index in [1.54, 1.807) is 18.2 Å². The second-order valence-electron chi connectivity index (χ2n) is 2.22. The Morgan fingerprint density at radius 3 is 3.08 bits per heavy atom. The van der Waals surface area contributed by atoms with Crippen LogP contribution in [0.15, 0.2) is 18.2 Å². The molecule has 0 bridgehead atoms. The van der Waals surface area contributed by atoms with Crippen molar-refractivity contribution in [3.8, 4) is 5.75 Å². The van der Waals surface area contributed by atoms with Crippen LogP contribution in [0.2, 0.25) is 0 Å². The molecule has 63 valence electrons. The van der Waals surface area contributed by atoms with Gasteiger partial charge in [0.05, 0.1) is 12.2 Å². The first-order valence-electron chi connectivity index (χ1n) is 3.68. The quantitative estimate of drug-likeness (QED) is 0.724. The Balaban J connectivity index is 3.00. The van der Waals surface area contributed by atoms with Crippen LogP contribution in [-0.2, 0) is 0 Å². The second kappa shape index (κ2) is 3.76. The number of hydrogen-bond acceptors (Lipinski definition) is 2. The number of rotatable bonds is 3. The number of primary amides is 1. The third-order valence-electron chi connectivity index (χ3n) is 1.39. The number of hydrogen-bond donors (Lipinski definition) is 1. The van der Waals surface area contributed by atoms with Gasteiger partial charge >= 0.3 is 0 Å². The first-order valence-corrected chi connectivity index (χ1v) is 3.68. The van der Waals surface area contributed by atoms with Crippen molar-refractivity contribution in [3.05, 3.63) is 29.8 Å². The Labute approximate surface area is 71.1 Å². The van der Waals surface area contributed by atoms with Crippen molar-refractivity contribution in [1.82, 2.24) is 0 Å². The Kier molecular flexibility index (Phi) is 2.69. The summed E-state index contributed by atoms with van der Waals surface area (Å²) in [5, 5.41) is 0. The van der Waals surface area contributed by atoms with Gasteiger partial charge < -0.3 is 10.5 Å². The molecule has 1 amide bonds. The van der Waals surface area contributed by atoms with Crippen molar-refractivity contribution in [1.29, 1.82) is 0 Å². The second-order valence-corrected chi connectivity index (χ2v) is 2.22.